The van der Waals surface area contributed by atoms with E-state index in [0.29, 0.717) is 5.92 Å². The van der Waals surface area contributed by atoms with Gasteiger partial charge in [-0.25, -0.2) is 0 Å². The lowest BCUT2D eigenvalue weighted by Crippen LogP contribution is -2.08. The summed E-state index contributed by atoms with van der Waals surface area (Å²) in [6.45, 7) is 9.34. The van der Waals surface area contributed by atoms with Crippen molar-refractivity contribution in [1.29, 1.82) is 0 Å². The third-order valence-corrected chi connectivity index (χ3v) is 1.03. The molecular formula is C8H18O2. The summed E-state index contributed by atoms with van der Waals surface area (Å²) in [6, 6.07) is 0. The summed E-state index contributed by atoms with van der Waals surface area (Å²) in [7, 11) is 0. The van der Waals surface area contributed by atoms with Gasteiger partial charge in [-0.05, 0) is 12.8 Å². The predicted octanol–water partition coefficient (Wildman–Crippen LogP) is 1.70. The maximum absolute atomic E-state index is 5.27. The van der Waals surface area contributed by atoms with Gasteiger partial charge in [-0.2, -0.15) is 0 Å². The van der Waals surface area contributed by atoms with Gasteiger partial charge in [0.1, 0.15) is 0 Å². The molecule has 2 nitrogen and oxygen atoms in total. The van der Waals surface area contributed by atoms with Gasteiger partial charge in [-0.15, -0.1) is 0 Å². The van der Waals surface area contributed by atoms with Crippen LogP contribution in [0.5, 0.6) is 0 Å². The third kappa shape index (κ3) is 7.92. The van der Waals surface area contributed by atoms with E-state index in [1.807, 2.05) is 6.92 Å². The second kappa shape index (κ2) is 7.03. The first-order valence-electron chi connectivity index (χ1n) is 3.92. The van der Waals surface area contributed by atoms with Gasteiger partial charge < -0.3 is 9.47 Å². The standard InChI is InChI=1S/C8H18O2/c1-4-9-5-6-10-7-8(2)3/h8H,4-7H2,1-3H3. The Labute approximate surface area is 63.5 Å². The van der Waals surface area contributed by atoms with Gasteiger partial charge in [0.15, 0.2) is 0 Å². The summed E-state index contributed by atoms with van der Waals surface area (Å²) >= 11 is 0. The van der Waals surface area contributed by atoms with Gasteiger partial charge in [0.2, 0.25) is 0 Å². The first-order chi connectivity index (χ1) is 4.77. The van der Waals surface area contributed by atoms with E-state index >= 15 is 0 Å². The van der Waals surface area contributed by atoms with Crippen LogP contribution in [0.1, 0.15) is 20.8 Å². The van der Waals surface area contributed by atoms with Crippen molar-refractivity contribution < 1.29 is 9.47 Å². The average molecular weight is 146 g/mol. The Morgan fingerprint density at radius 2 is 1.70 bits per heavy atom. The Bertz CT molecular complexity index is 62.3. The van der Waals surface area contributed by atoms with Gasteiger partial charge in [0, 0.05) is 13.2 Å². The SMILES string of the molecule is CCOCCOCC(C)C. The fourth-order valence-corrected chi connectivity index (χ4v) is 0.581. The molecule has 0 aliphatic heterocycles. The maximum atomic E-state index is 5.27. The fourth-order valence-electron chi connectivity index (χ4n) is 0.581. The monoisotopic (exact) mass is 146 g/mol. The van der Waals surface area contributed by atoms with Crippen molar-refractivity contribution in [3.63, 3.8) is 0 Å². The normalized spacial score (nSPS) is 10.8. The highest BCUT2D eigenvalue weighted by molar-refractivity contribution is 4.38. The molecule has 10 heavy (non-hydrogen) atoms. The highest BCUT2D eigenvalue weighted by Gasteiger charge is 1.92. The van der Waals surface area contributed by atoms with Gasteiger partial charge in [-0.3, -0.25) is 0 Å². The first kappa shape index (κ1) is 9.92. The molecule has 0 heterocycles. The van der Waals surface area contributed by atoms with Crippen molar-refractivity contribution in [3.05, 3.63) is 0 Å². The fraction of sp³-hybridized carbons (Fsp3) is 1.00. The summed E-state index contributed by atoms with van der Waals surface area (Å²) in [5.74, 6) is 0.627. The molecule has 0 aromatic heterocycles. The van der Waals surface area contributed by atoms with Crippen LogP contribution in [0.4, 0.5) is 0 Å². The minimum atomic E-state index is 0.627. The quantitative estimate of drug-likeness (QED) is 0.531. The molecule has 0 aliphatic carbocycles. The first-order valence-corrected chi connectivity index (χ1v) is 3.92. The van der Waals surface area contributed by atoms with Crippen molar-refractivity contribution >= 4 is 0 Å². The molecule has 0 amide bonds. The van der Waals surface area contributed by atoms with Crippen LogP contribution < -0.4 is 0 Å². The smallest absolute Gasteiger partial charge is 0.0700 e. The van der Waals surface area contributed by atoms with Crippen molar-refractivity contribution in [2.45, 2.75) is 20.8 Å². The van der Waals surface area contributed by atoms with Crippen LogP contribution in [0.25, 0.3) is 0 Å². The van der Waals surface area contributed by atoms with Crippen LogP contribution in [0.15, 0.2) is 0 Å². The highest BCUT2D eigenvalue weighted by atomic mass is 16.5. The molecule has 0 unspecified atom stereocenters. The Balaban J connectivity index is 2.77. The zero-order valence-electron chi connectivity index (χ0n) is 7.22. The molecular weight excluding hydrogens is 128 g/mol. The number of hydrogen-bond acceptors (Lipinski definition) is 2. The Kier molecular flexibility index (Phi) is 6.98. The van der Waals surface area contributed by atoms with Gasteiger partial charge in [-0.1, -0.05) is 13.8 Å². The summed E-state index contributed by atoms with van der Waals surface area (Å²) < 4.78 is 10.4. The van der Waals surface area contributed by atoms with Crippen molar-refractivity contribution in [2.24, 2.45) is 5.92 Å². The molecule has 0 bridgehead atoms. The molecule has 0 atom stereocenters. The Morgan fingerprint density at radius 3 is 2.20 bits per heavy atom. The van der Waals surface area contributed by atoms with Crippen LogP contribution in [0.3, 0.4) is 0 Å². The van der Waals surface area contributed by atoms with E-state index in [1.165, 1.54) is 0 Å². The van der Waals surface area contributed by atoms with Crippen LogP contribution in [-0.2, 0) is 9.47 Å². The lowest BCUT2D eigenvalue weighted by molar-refractivity contribution is 0.0422. The summed E-state index contributed by atoms with van der Waals surface area (Å²) in [4.78, 5) is 0. The molecule has 2 heteroatoms. The zero-order chi connectivity index (χ0) is 7.82. The molecule has 0 aromatic carbocycles. The van der Waals surface area contributed by atoms with Crippen LogP contribution in [-0.4, -0.2) is 26.4 Å². The molecule has 0 saturated carbocycles. The van der Waals surface area contributed by atoms with E-state index in [1.54, 1.807) is 0 Å². The van der Waals surface area contributed by atoms with Crippen LogP contribution >= 0.6 is 0 Å². The van der Waals surface area contributed by atoms with E-state index in [-0.39, 0.29) is 0 Å². The van der Waals surface area contributed by atoms with Crippen LogP contribution in [0, 0.1) is 5.92 Å². The molecule has 0 rings (SSSR count). The average Bonchev–Trinajstić information content (AvgIpc) is 1.87. The molecule has 0 radical (unpaired) electrons. The largest absolute Gasteiger partial charge is 0.379 e. The molecule has 62 valence electrons. The second-order valence-corrected chi connectivity index (χ2v) is 2.67. The topological polar surface area (TPSA) is 18.5 Å². The zero-order valence-corrected chi connectivity index (χ0v) is 7.22. The summed E-state index contributed by atoms with van der Waals surface area (Å²) in [5.41, 5.74) is 0. The van der Waals surface area contributed by atoms with Gasteiger partial charge >= 0.3 is 0 Å². The number of ether oxygens (including phenoxy) is 2. The lowest BCUT2D eigenvalue weighted by Gasteiger charge is -2.05. The van der Waals surface area contributed by atoms with Crippen LogP contribution in [0.2, 0.25) is 0 Å². The lowest BCUT2D eigenvalue weighted by atomic mass is 10.2. The van der Waals surface area contributed by atoms with Crippen molar-refractivity contribution in [3.8, 4) is 0 Å². The van der Waals surface area contributed by atoms with E-state index < -0.39 is 0 Å². The number of rotatable bonds is 6. The minimum Gasteiger partial charge on any atom is -0.379 e. The molecule has 0 fully saturated rings. The molecule has 0 N–H and O–H groups in total. The van der Waals surface area contributed by atoms with Crippen molar-refractivity contribution in [2.75, 3.05) is 26.4 Å². The highest BCUT2D eigenvalue weighted by Crippen LogP contribution is 1.91. The summed E-state index contributed by atoms with van der Waals surface area (Å²) in [6.07, 6.45) is 0. The molecule has 0 aromatic rings. The van der Waals surface area contributed by atoms with E-state index in [0.717, 1.165) is 26.4 Å². The van der Waals surface area contributed by atoms with E-state index in [9.17, 15) is 0 Å². The maximum Gasteiger partial charge on any atom is 0.0700 e. The minimum absolute atomic E-state index is 0.627. The molecule has 0 aliphatic rings. The Hall–Kier alpha value is -0.0800. The van der Waals surface area contributed by atoms with Gasteiger partial charge in [0.25, 0.3) is 0 Å². The van der Waals surface area contributed by atoms with Gasteiger partial charge in [0.05, 0.1) is 13.2 Å². The molecule has 0 saturated heterocycles. The van der Waals surface area contributed by atoms with Crippen molar-refractivity contribution in [1.82, 2.24) is 0 Å². The third-order valence-electron chi connectivity index (χ3n) is 1.03. The molecule has 0 spiro atoms. The van der Waals surface area contributed by atoms with E-state index in [4.69, 9.17) is 9.47 Å². The van der Waals surface area contributed by atoms with E-state index in [2.05, 4.69) is 13.8 Å². The summed E-state index contributed by atoms with van der Waals surface area (Å²) in [5, 5.41) is 0. The number of hydrogen-bond donors (Lipinski definition) is 0. The second-order valence-electron chi connectivity index (χ2n) is 2.67. The predicted molar refractivity (Wildman–Crippen MR) is 42.2 cm³/mol. The Morgan fingerprint density at radius 1 is 1.10 bits per heavy atom.